The second kappa shape index (κ2) is 8.60. The maximum absolute atomic E-state index is 11.4. The van der Waals surface area contributed by atoms with Crippen molar-refractivity contribution in [2.75, 3.05) is 20.2 Å². The molecule has 1 aliphatic heterocycles. The number of aromatic hydroxyl groups is 1. The van der Waals surface area contributed by atoms with Gasteiger partial charge in [-0.3, -0.25) is 4.90 Å². The zero-order valence-corrected chi connectivity index (χ0v) is 17.1. The minimum Gasteiger partial charge on any atom is -0.504 e. The predicted octanol–water partition coefficient (Wildman–Crippen LogP) is 4.78. The van der Waals surface area contributed by atoms with Crippen LogP contribution < -0.4 is 4.74 Å². The van der Waals surface area contributed by atoms with Crippen LogP contribution in [0.4, 0.5) is 0 Å². The number of phenols is 1. The number of ether oxygens (including phenoxy) is 1. The SMILES string of the molecule is COc1cc([C@@H]2[C@@H]3CCCC[C@@]3(O)CCN2C/C=C/c2ccccc2)ccc1O. The number of hydrogen-bond acceptors (Lipinski definition) is 4. The standard InChI is InChI=1S/C25H31NO3/c1-29-23-18-20(12-13-22(23)27)24-21-11-5-6-14-25(21,28)15-17-26(24)16-7-10-19-8-3-2-4-9-19/h2-4,7-10,12-13,18,21,24,27-28H,5-6,11,14-17H2,1H3/b10-7+/t21-,24+,25+/m0/s1. The summed E-state index contributed by atoms with van der Waals surface area (Å²) in [5.74, 6) is 0.845. The van der Waals surface area contributed by atoms with E-state index in [0.717, 1.165) is 50.8 Å². The second-order valence-electron chi connectivity index (χ2n) is 8.39. The molecule has 1 heterocycles. The van der Waals surface area contributed by atoms with Crippen molar-refractivity contribution in [3.8, 4) is 11.5 Å². The maximum atomic E-state index is 11.4. The molecule has 154 valence electrons. The molecule has 0 spiro atoms. The summed E-state index contributed by atoms with van der Waals surface area (Å²) in [7, 11) is 1.58. The van der Waals surface area contributed by atoms with E-state index in [1.807, 2.05) is 30.3 Å². The Kier molecular flexibility index (Phi) is 5.93. The van der Waals surface area contributed by atoms with Crippen LogP contribution in [0.2, 0.25) is 0 Å². The highest BCUT2D eigenvalue weighted by Crippen LogP contribution is 2.50. The molecule has 0 amide bonds. The minimum absolute atomic E-state index is 0.115. The summed E-state index contributed by atoms with van der Waals surface area (Å²) < 4.78 is 5.37. The van der Waals surface area contributed by atoms with E-state index in [-0.39, 0.29) is 17.7 Å². The molecule has 2 aliphatic rings. The molecule has 0 aromatic heterocycles. The molecule has 2 aromatic rings. The quantitative estimate of drug-likeness (QED) is 0.767. The lowest BCUT2D eigenvalue weighted by Crippen LogP contribution is -2.54. The number of rotatable bonds is 5. The molecule has 0 radical (unpaired) electrons. The lowest BCUT2D eigenvalue weighted by atomic mass is 9.66. The van der Waals surface area contributed by atoms with Crippen LogP contribution >= 0.6 is 0 Å². The molecular weight excluding hydrogens is 362 g/mol. The van der Waals surface area contributed by atoms with E-state index in [9.17, 15) is 10.2 Å². The fourth-order valence-corrected chi connectivity index (χ4v) is 5.16. The molecule has 1 saturated heterocycles. The molecule has 1 saturated carbocycles. The highest BCUT2D eigenvalue weighted by atomic mass is 16.5. The summed E-state index contributed by atoms with van der Waals surface area (Å²) in [6.45, 7) is 1.69. The molecule has 0 bridgehead atoms. The van der Waals surface area contributed by atoms with Crippen LogP contribution in [0.15, 0.2) is 54.6 Å². The number of phenolic OH excluding ortho intramolecular Hbond substituents is 1. The molecular formula is C25H31NO3. The molecule has 0 unspecified atom stereocenters. The van der Waals surface area contributed by atoms with Gasteiger partial charge in [-0.15, -0.1) is 0 Å². The van der Waals surface area contributed by atoms with Gasteiger partial charge in [0.15, 0.2) is 11.5 Å². The molecule has 4 heteroatoms. The molecule has 4 rings (SSSR count). The van der Waals surface area contributed by atoms with Gasteiger partial charge in [0.25, 0.3) is 0 Å². The van der Waals surface area contributed by atoms with Crippen molar-refractivity contribution in [2.45, 2.75) is 43.7 Å². The van der Waals surface area contributed by atoms with Gasteiger partial charge >= 0.3 is 0 Å². The number of benzene rings is 2. The molecule has 2 fully saturated rings. The average Bonchev–Trinajstić information content (AvgIpc) is 2.75. The van der Waals surface area contributed by atoms with E-state index in [4.69, 9.17) is 4.74 Å². The lowest BCUT2D eigenvalue weighted by Gasteiger charge is -2.52. The van der Waals surface area contributed by atoms with Gasteiger partial charge in [0.2, 0.25) is 0 Å². The first-order valence-electron chi connectivity index (χ1n) is 10.7. The van der Waals surface area contributed by atoms with Gasteiger partial charge in [0, 0.05) is 25.0 Å². The first-order valence-corrected chi connectivity index (χ1v) is 10.7. The Morgan fingerprint density at radius 2 is 1.97 bits per heavy atom. The highest BCUT2D eigenvalue weighted by Gasteiger charge is 2.48. The van der Waals surface area contributed by atoms with E-state index in [0.29, 0.717) is 5.75 Å². The van der Waals surface area contributed by atoms with E-state index in [1.54, 1.807) is 13.2 Å². The van der Waals surface area contributed by atoms with Crippen molar-refractivity contribution < 1.29 is 14.9 Å². The van der Waals surface area contributed by atoms with Gasteiger partial charge in [0.1, 0.15) is 0 Å². The summed E-state index contributed by atoms with van der Waals surface area (Å²) in [5.41, 5.74) is 1.72. The number of nitrogens with zero attached hydrogens (tertiary/aromatic N) is 1. The van der Waals surface area contributed by atoms with Crippen molar-refractivity contribution in [3.63, 3.8) is 0 Å². The number of methoxy groups -OCH3 is 1. The Bertz CT molecular complexity index is 850. The van der Waals surface area contributed by atoms with Gasteiger partial charge in [-0.25, -0.2) is 0 Å². The van der Waals surface area contributed by atoms with Crippen molar-refractivity contribution >= 4 is 6.08 Å². The molecule has 4 nitrogen and oxygen atoms in total. The Hall–Kier alpha value is -2.30. The zero-order chi connectivity index (χ0) is 20.3. The predicted molar refractivity (Wildman–Crippen MR) is 116 cm³/mol. The number of hydrogen-bond donors (Lipinski definition) is 2. The normalized spacial score (nSPS) is 27.7. The van der Waals surface area contributed by atoms with E-state index in [1.165, 1.54) is 5.56 Å². The van der Waals surface area contributed by atoms with Crippen molar-refractivity contribution in [2.24, 2.45) is 5.92 Å². The molecule has 29 heavy (non-hydrogen) atoms. The zero-order valence-electron chi connectivity index (χ0n) is 17.1. The Morgan fingerprint density at radius 1 is 1.14 bits per heavy atom. The third-order valence-electron chi connectivity index (χ3n) is 6.67. The third kappa shape index (κ3) is 4.19. The second-order valence-corrected chi connectivity index (χ2v) is 8.39. The van der Waals surface area contributed by atoms with E-state index in [2.05, 4.69) is 29.2 Å². The van der Waals surface area contributed by atoms with Crippen molar-refractivity contribution in [3.05, 3.63) is 65.7 Å². The maximum Gasteiger partial charge on any atom is 0.160 e. The number of likely N-dealkylation sites (tertiary alicyclic amines) is 1. The summed E-state index contributed by atoms with van der Waals surface area (Å²) in [6.07, 6.45) is 9.38. The first-order chi connectivity index (χ1) is 14.1. The van der Waals surface area contributed by atoms with Gasteiger partial charge in [-0.05, 0) is 42.5 Å². The lowest BCUT2D eigenvalue weighted by molar-refractivity contribution is -0.122. The molecule has 3 atom stereocenters. The van der Waals surface area contributed by atoms with Crippen molar-refractivity contribution in [1.29, 1.82) is 0 Å². The summed E-state index contributed by atoms with van der Waals surface area (Å²) in [4.78, 5) is 2.47. The van der Waals surface area contributed by atoms with Crippen LogP contribution in [-0.4, -0.2) is 40.9 Å². The minimum atomic E-state index is -0.590. The summed E-state index contributed by atoms with van der Waals surface area (Å²) >= 11 is 0. The average molecular weight is 394 g/mol. The van der Waals surface area contributed by atoms with E-state index >= 15 is 0 Å². The fraction of sp³-hybridized carbons (Fsp3) is 0.440. The van der Waals surface area contributed by atoms with Crippen LogP contribution in [-0.2, 0) is 0 Å². The molecule has 2 aromatic carbocycles. The van der Waals surface area contributed by atoms with Gasteiger partial charge in [-0.1, -0.05) is 61.4 Å². The van der Waals surface area contributed by atoms with E-state index < -0.39 is 5.60 Å². The number of aliphatic hydroxyl groups is 1. The van der Waals surface area contributed by atoms with Crippen molar-refractivity contribution in [1.82, 2.24) is 4.90 Å². The van der Waals surface area contributed by atoms with Crippen LogP contribution in [0.25, 0.3) is 6.08 Å². The number of piperidine rings is 1. The van der Waals surface area contributed by atoms with Crippen LogP contribution in [0.5, 0.6) is 11.5 Å². The fourth-order valence-electron chi connectivity index (χ4n) is 5.16. The largest absolute Gasteiger partial charge is 0.504 e. The van der Waals surface area contributed by atoms with Crippen LogP contribution in [0.1, 0.15) is 49.3 Å². The highest BCUT2D eigenvalue weighted by molar-refractivity contribution is 5.49. The number of fused-ring (bicyclic) bond motifs is 1. The van der Waals surface area contributed by atoms with Gasteiger partial charge in [-0.2, -0.15) is 0 Å². The Morgan fingerprint density at radius 3 is 2.76 bits per heavy atom. The Balaban J connectivity index is 1.63. The monoisotopic (exact) mass is 393 g/mol. The van der Waals surface area contributed by atoms with Crippen LogP contribution in [0, 0.1) is 5.92 Å². The van der Waals surface area contributed by atoms with Crippen LogP contribution in [0.3, 0.4) is 0 Å². The van der Waals surface area contributed by atoms with Gasteiger partial charge in [0.05, 0.1) is 12.7 Å². The first kappa shape index (κ1) is 20.0. The summed E-state index contributed by atoms with van der Waals surface area (Å²) in [5, 5.41) is 21.5. The topological polar surface area (TPSA) is 52.9 Å². The smallest absolute Gasteiger partial charge is 0.160 e. The third-order valence-corrected chi connectivity index (χ3v) is 6.67. The molecule has 1 aliphatic carbocycles. The Labute approximate surface area is 173 Å². The summed E-state index contributed by atoms with van der Waals surface area (Å²) in [6, 6.07) is 16.1. The van der Waals surface area contributed by atoms with Gasteiger partial charge < -0.3 is 14.9 Å². The molecule has 2 N–H and O–H groups in total.